The number of rotatable bonds is 3. The van der Waals surface area contributed by atoms with Crippen LogP contribution in [0.25, 0.3) is 0 Å². The van der Waals surface area contributed by atoms with E-state index >= 15 is 0 Å². The second-order valence-corrected chi connectivity index (χ2v) is 2.50. The summed E-state index contributed by atoms with van der Waals surface area (Å²) < 4.78 is 2.51. The fourth-order valence-electron chi connectivity index (χ4n) is 0.215. The molecule has 9 heavy (non-hydrogen) atoms. The fraction of sp³-hybridized carbons (Fsp3) is 0.667. The van der Waals surface area contributed by atoms with E-state index in [4.69, 9.17) is 0 Å². The first-order chi connectivity index (χ1) is 4.27. The molecule has 0 aliphatic rings. The SMILES string of the molecule is CC(C)COOC#CI. The Bertz CT molecular complexity index is 112. The van der Waals surface area contributed by atoms with E-state index in [0.29, 0.717) is 12.5 Å². The van der Waals surface area contributed by atoms with Crippen LogP contribution in [0.2, 0.25) is 0 Å². The van der Waals surface area contributed by atoms with Crippen molar-refractivity contribution < 1.29 is 9.78 Å². The summed E-state index contributed by atoms with van der Waals surface area (Å²) in [6, 6.07) is 0. The van der Waals surface area contributed by atoms with Crippen LogP contribution in [0.4, 0.5) is 0 Å². The van der Waals surface area contributed by atoms with Crippen molar-refractivity contribution in [3.63, 3.8) is 0 Å². The summed E-state index contributed by atoms with van der Waals surface area (Å²) in [4.78, 5) is 9.08. The third-order valence-electron chi connectivity index (χ3n) is 0.541. The Morgan fingerprint density at radius 1 is 1.56 bits per heavy atom. The molecular formula is C6H9IO2. The molecule has 0 aromatic rings. The summed E-state index contributed by atoms with van der Waals surface area (Å²) >= 11 is 1.88. The summed E-state index contributed by atoms with van der Waals surface area (Å²) in [5, 5.41) is 0. The minimum atomic E-state index is 0.487. The van der Waals surface area contributed by atoms with Crippen molar-refractivity contribution >= 4 is 22.6 Å². The molecule has 2 nitrogen and oxygen atoms in total. The minimum absolute atomic E-state index is 0.487. The molecule has 0 N–H and O–H groups in total. The Balaban J connectivity index is 2.98. The molecule has 0 saturated carbocycles. The highest BCUT2D eigenvalue weighted by atomic mass is 127. The molecule has 0 aliphatic heterocycles. The summed E-state index contributed by atoms with van der Waals surface area (Å²) in [5.41, 5.74) is 0. The van der Waals surface area contributed by atoms with Gasteiger partial charge in [0.1, 0.15) is 0 Å². The standard InChI is InChI=1S/C6H9IO2/c1-6(2)5-9-8-4-3-7/h6H,5H2,1-2H3. The molecule has 0 unspecified atom stereocenters. The lowest BCUT2D eigenvalue weighted by Crippen LogP contribution is -1.99. The van der Waals surface area contributed by atoms with Crippen LogP contribution < -0.4 is 0 Å². The van der Waals surface area contributed by atoms with E-state index in [9.17, 15) is 0 Å². The number of hydrogen-bond donors (Lipinski definition) is 0. The first kappa shape index (κ1) is 9.05. The minimum Gasteiger partial charge on any atom is -0.282 e. The Kier molecular flexibility index (Phi) is 6.21. The Morgan fingerprint density at radius 2 is 2.22 bits per heavy atom. The van der Waals surface area contributed by atoms with Crippen LogP contribution in [0.5, 0.6) is 0 Å². The zero-order valence-corrected chi connectivity index (χ0v) is 7.64. The molecule has 0 bridgehead atoms. The van der Waals surface area contributed by atoms with Crippen molar-refractivity contribution in [2.24, 2.45) is 5.92 Å². The van der Waals surface area contributed by atoms with Gasteiger partial charge in [-0.2, -0.15) is 4.89 Å². The van der Waals surface area contributed by atoms with E-state index in [2.05, 4.69) is 19.8 Å². The summed E-state index contributed by atoms with van der Waals surface area (Å²) in [6.45, 7) is 4.67. The van der Waals surface area contributed by atoms with Gasteiger partial charge in [0.05, 0.1) is 6.61 Å². The van der Waals surface area contributed by atoms with Gasteiger partial charge >= 0.3 is 0 Å². The maximum Gasteiger partial charge on any atom is 0.168 e. The van der Waals surface area contributed by atoms with Gasteiger partial charge < -0.3 is 0 Å². The fourth-order valence-corrected chi connectivity index (χ4v) is 0.305. The highest BCUT2D eigenvalue weighted by Crippen LogP contribution is 1.91. The van der Waals surface area contributed by atoms with E-state index in [1.54, 1.807) is 0 Å². The van der Waals surface area contributed by atoms with E-state index in [1.165, 1.54) is 0 Å². The summed E-state index contributed by atoms with van der Waals surface area (Å²) in [7, 11) is 0. The predicted molar refractivity (Wildman–Crippen MR) is 43.7 cm³/mol. The van der Waals surface area contributed by atoms with Gasteiger partial charge in [-0.15, -0.1) is 0 Å². The topological polar surface area (TPSA) is 18.5 Å². The van der Waals surface area contributed by atoms with Crippen molar-refractivity contribution in [1.82, 2.24) is 0 Å². The molecule has 0 aliphatic carbocycles. The van der Waals surface area contributed by atoms with Gasteiger partial charge in [0.25, 0.3) is 0 Å². The summed E-state index contributed by atoms with van der Waals surface area (Å²) in [5.74, 6) is 0.487. The van der Waals surface area contributed by atoms with Gasteiger partial charge in [-0.25, -0.2) is 0 Å². The highest BCUT2D eigenvalue weighted by Gasteiger charge is 1.91. The normalized spacial score (nSPS) is 8.44. The van der Waals surface area contributed by atoms with Gasteiger partial charge in [-0.05, 0) is 5.92 Å². The highest BCUT2D eigenvalue weighted by molar-refractivity contribution is 14.1. The smallest absolute Gasteiger partial charge is 0.168 e. The Hall–Kier alpha value is 0.0500. The second kappa shape index (κ2) is 6.17. The lowest BCUT2D eigenvalue weighted by molar-refractivity contribution is -0.242. The maximum absolute atomic E-state index is 4.66. The molecule has 0 aromatic heterocycles. The summed E-state index contributed by atoms with van der Waals surface area (Å²) in [6.07, 6.45) is 2.32. The molecule has 0 radical (unpaired) electrons. The first-order valence-corrected chi connectivity index (χ1v) is 3.74. The van der Waals surface area contributed by atoms with Gasteiger partial charge in [0, 0.05) is 26.5 Å². The van der Waals surface area contributed by atoms with Crippen LogP contribution in [0.15, 0.2) is 0 Å². The third-order valence-corrected chi connectivity index (χ3v) is 0.761. The average Bonchev–Trinajstić information content (AvgIpc) is 1.80. The molecule has 0 saturated heterocycles. The molecular weight excluding hydrogens is 231 g/mol. The van der Waals surface area contributed by atoms with Gasteiger partial charge in [-0.1, -0.05) is 13.8 Å². The van der Waals surface area contributed by atoms with Crippen LogP contribution in [0, 0.1) is 16.0 Å². The van der Waals surface area contributed by atoms with E-state index in [-0.39, 0.29) is 0 Å². The molecule has 0 rings (SSSR count). The molecule has 0 spiro atoms. The number of halogens is 1. The Labute approximate surface area is 69.0 Å². The average molecular weight is 240 g/mol. The van der Waals surface area contributed by atoms with Crippen LogP contribution in [0.3, 0.4) is 0 Å². The number of hydrogen-bond acceptors (Lipinski definition) is 2. The van der Waals surface area contributed by atoms with E-state index < -0.39 is 0 Å². The lowest BCUT2D eigenvalue weighted by Gasteiger charge is -1.99. The van der Waals surface area contributed by atoms with Crippen molar-refractivity contribution in [3.8, 4) is 10.0 Å². The van der Waals surface area contributed by atoms with Crippen molar-refractivity contribution in [3.05, 3.63) is 0 Å². The maximum atomic E-state index is 4.66. The lowest BCUT2D eigenvalue weighted by atomic mass is 10.2. The van der Waals surface area contributed by atoms with Crippen LogP contribution in [0.1, 0.15) is 13.8 Å². The molecule has 0 aromatic carbocycles. The van der Waals surface area contributed by atoms with Gasteiger partial charge in [0.15, 0.2) is 6.11 Å². The quantitative estimate of drug-likeness (QED) is 0.247. The van der Waals surface area contributed by atoms with Crippen molar-refractivity contribution in [2.45, 2.75) is 13.8 Å². The molecule has 0 fully saturated rings. The molecule has 0 heterocycles. The first-order valence-electron chi connectivity index (χ1n) is 2.66. The molecule has 0 amide bonds. The Morgan fingerprint density at radius 3 is 2.67 bits per heavy atom. The van der Waals surface area contributed by atoms with Crippen LogP contribution >= 0.6 is 22.6 Å². The largest absolute Gasteiger partial charge is 0.282 e. The third kappa shape index (κ3) is 8.05. The van der Waals surface area contributed by atoms with Crippen molar-refractivity contribution in [1.29, 1.82) is 0 Å². The molecule has 3 heteroatoms. The second-order valence-electron chi connectivity index (χ2n) is 1.96. The van der Waals surface area contributed by atoms with Crippen LogP contribution in [-0.4, -0.2) is 6.61 Å². The zero-order valence-electron chi connectivity index (χ0n) is 5.48. The monoisotopic (exact) mass is 240 g/mol. The predicted octanol–water partition coefficient (Wildman–Crippen LogP) is 1.94. The molecule has 0 atom stereocenters. The van der Waals surface area contributed by atoms with Gasteiger partial charge in [0.2, 0.25) is 0 Å². The molecule has 52 valence electrons. The van der Waals surface area contributed by atoms with Gasteiger partial charge in [-0.3, -0.25) is 4.89 Å². The van der Waals surface area contributed by atoms with E-state index in [1.807, 2.05) is 36.4 Å². The zero-order chi connectivity index (χ0) is 7.11. The van der Waals surface area contributed by atoms with Crippen LogP contribution in [-0.2, 0) is 9.78 Å². The van der Waals surface area contributed by atoms with E-state index in [0.717, 1.165) is 0 Å². The van der Waals surface area contributed by atoms with Crippen molar-refractivity contribution in [2.75, 3.05) is 6.61 Å².